The maximum Gasteiger partial charge on any atom is 0.131 e. The molecule has 0 aliphatic carbocycles. The summed E-state index contributed by atoms with van der Waals surface area (Å²) in [7, 11) is 1.87. The lowest BCUT2D eigenvalue weighted by atomic mass is 10.0. The summed E-state index contributed by atoms with van der Waals surface area (Å²) in [6, 6.07) is 5.27. The molecular formula is C13H14FN3. The minimum atomic E-state index is -0.258. The van der Waals surface area contributed by atoms with Gasteiger partial charge in [0.25, 0.3) is 0 Å². The second kappa shape index (κ2) is 5.01. The highest BCUT2D eigenvalue weighted by molar-refractivity contribution is 5.63. The topological polar surface area (TPSA) is 37.8 Å². The van der Waals surface area contributed by atoms with Gasteiger partial charge in [-0.1, -0.05) is 6.07 Å². The Labute approximate surface area is 99.7 Å². The standard InChI is InChI=1S/C13H14FN3/c1-9(15-2)10-3-4-13(14)12(5-10)11-6-16-8-17-7-11/h3-9,15H,1-2H3. The van der Waals surface area contributed by atoms with Crippen molar-refractivity contribution < 1.29 is 4.39 Å². The van der Waals surface area contributed by atoms with Gasteiger partial charge in [-0.05, 0) is 31.7 Å². The van der Waals surface area contributed by atoms with Crippen LogP contribution in [0, 0.1) is 5.82 Å². The fraction of sp³-hybridized carbons (Fsp3) is 0.231. The SMILES string of the molecule is CNC(C)c1ccc(F)c(-c2cncnc2)c1. The Morgan fingerprint density at radius 3 is 2.59 bits per heavy atom. The third kappa shape index (κ3) is 2.47. The van der Waals surface area contributed by atoms with E-state index in [0.29, 0.717) is 11.1 Å². The molecule has 3 nitrogen and oxygen atoms in total. The predicted molar refractivity (Wildman–Crippen MR) is 64.9 cm³/mol. The molecular weight excluding hydrogens is 217 g/mol. The van der Waals surface area contributed by atoms with Crippen LogP contribution in [-0.4, -0.2) is 17.0 Å². The van der Waals surface area contributed by atoms with E-state index >= 15 is 0 Å². The van der Waals surface area contributed by atoms with Gasteiger partial charge in [-0.2, -0.15) is 0 Å². The first-order valence-corrected chi connectivity index (χ1v) is 5.44. The van der Waals surface area contributed by atoms with Gasteiger partial charge < -0.3 is 5.32 Å². The van der Waals surface area contributed by atoms with Crippen LogP contribution in [0.1, 0.15) is 18.5 Å². The summed E-state index contributed by atoms with van der Waals surface area (Å²) in [6.45, 7) is 2.03. The van der Waals surface area contributed by atoms with E-state index in [1.165, 1.54) is 12.4 Å². The zero-order chi connectivity index (χ0) is 12.3. The van der Waals surface area contributed by atoms with E-state index in [4.69, 9.17) is 0 Å². The second-order valence-corrected chi connectivity index (χ2v) is 3.88. The molecule has 0 saturated heterocycles. The van der Waals surface area contributed by atoms with Gasteiger partial charge >= 0.3 is 0 Å². The summed E-state index contributed by atoms with van der Waals surface area (Å²) < 4.78 is 13.7. The van der Waals surface area contributed by atoms with Crippen molar-refractivity contribution in [1.29, 1.82) is 0 Å². The Hall–Kier alpha value is -1.81. The Kier molecular flexibility index (Phi) is 3.44. The first-order valence-electron chi connectivity index (χ1n) is 5.44. The van der Waals surface area contributed by atoms with E-state index in [0.717, 1.165) is 5.56 Å². The predicted octanol–water partition coefficient (Wildman–Crippen LogP) is 2.56. The second-order valence-electron chi connectivity index (χ2n) is 3.88. The van der Waals surface area contributed by atoms with Crippen molar-refractivity contribution in [3.63, 3.8) is 0 Å². The number of halogens is 1. The number of rotatable bonds is 3. The lowest BCUT2D eigenvalue weighted by molar-refractivity contribution is 0.622. The fourth-order valence-corrected chi connectivity index (χ4v) is 1.64. The average molecular weight is 231 g/mol. The van der Waals surface area contributed by atoms with Crippen molar-refractivity contribution in [1.82, 2.24) is 15.3 Å². The highest BCUT2D eigenvalue weighted by Gasteiger charge is 2.09. The first-order chi connectivity index (χ1) is 8.22. The molecule has 1 N–H and O–H groups in total. The molecule has 0 bridgehead atoms. The van der Waals surface area contributed by atoms with Crippen molar-refractivity contribution >= 4 is 0 Å². The quantitative estimate of drug-likeness (QED) is 0.882. The highest BCUT2D eigenvalue weighted by Crippen LogP contribution is 2.25. The molecule has 2 rings (SSSR count). The molecule has 17 heavy (non-hydrogen) atoms. The Balaban J connectivity index is 2.47. The van der Waals surface area contributed by atoms with Crippen molar-refractivity contribution in [2.45, 2.75) is 13.0 Å². The van der Waals surface area contributed by atoms with Crippen LogP contribution in [-0.2, 0) is 0 Å². The Bertz CT molecular complexity index is 499. The Morgan fingerprint density at radius 1 is 1.24 bits per heavy atom. The maximum absolute atomic E-state index is 13.7. The lowest BCUT2D eigenvalue weighted by Crippen LogP contribution is -2.12. The molecule has 0 radical (unpaired) electrons. The van der Waals surface area contributed by atoms with Crippen LogP contribution in [0.5, 0.6) is 0 Å². The van der Waals surface area contributed by atoms with Crippen molar-refractivity contribution in [3.8, 4) is 11.1 Å². The molecule has 0 amide bonds. The molecule has 1 atom stereocenters. The van der Waals surface area contributed by atoms with Crippen LogP contribution in [0.2, 0.25) is 0 Å². The van der Waals surface area contributed by atoms with E-state index in [1.54, 1.807) is 18.5 Å². The number of benzene rings is 1. The molecule has 0 saturated carbocycles. The lowest BCUT2D eigenvalue weighted by Gasteiger charge is -2.12. The van der Waals surface area contributed by atoms with Gasteiger partial charge in [-0.3, -0.25) is 0 Å². The van der Waals surface area contributed by atoms with Gasteiger partial charge in [0, 0.05) is 29.6 Å². The number of hydrogen-bond acceptors (Lipinski definition) is 3. The molecule has 0 spiro atoms. The third-order valence-corrected chi connectivity index (χ3v) is 2.80. The smallest absolute Gasteiger partial charge is 0.131 e. The first kappa shape index (κ1) is 11.7. The normalized spacial score (nSPS) is 12.4. The molecule has 2 aromatic rings. The summed E-state index contributed by atoms with van der Waals surface area (Å²) in [5, 5.41) is 3.13. The van der Waals surface area contributed by atoms with Crippen molar-refractivity contribution in [3.05, 3.63) is 48.3 Å². The van der Waals surface area contributed by atoms with Gasteiger partial charge in [0.05, 0.1) is 0 Å². The summed E-state index contributed by atoms with van der Waals surface area (Å²) in [5.74, 6) is -0.258. The summed E-state index contributed by atoms with van der Waals surface area (Å²) >= 11 is 0. The average Bonchev–Trinajstić information content (AvgIpc) is 2.39. The van der Waals surface area contributed by atoms with Crippen LogP contribution < -0.4 is 5.32 Å². The number of nitrogens with one attached hydrogen (secondary N) is 1. The van der Waals surface area contributed by atoms with E-state index in [9.17, 15) is 4.39 Å². The van der Waals surface area contributed by atoms with Crippen LogP contribution in [0.3, 0.4) is 0 Å². The summed E-state index contributed by atoms with van der Waals surface area (Å²) in [5.41, 5.74) is 2.26. The van der Waals surface area contributed by atoms with Gasteiger partial charge in [-0.15, -0.1) is 0 Å². The van der Waals surface area contributed by atoms with Crippen molar-refractivity contribution in [2.24, 2.45) is 0 Å². The molecule has 0 aliphatic rings. The fourth-order valence-electron chi connectivity index (χ4n) is 1.64. The van der Waals surface area contributed by atoms with Gasteiger partial charge in [-0.25, -0.2) is 14.4 Å². The van der Waals surface area contributed by atoms with E-state index < -0.39 is 0 Å². The van der Waals surface area contributed by atoms with E-state index in [-0.39, 0.29) is 11.9 Å². The monoisotopic (exact) mass is 231 g/mol. The number of aromatic nitrogens is 2. The summed E-state index contributed by atoms with van der Waals surface area (Å²) in [4.78, 5) is 7.81. The Morgan fingerprint density at radius 2 is 1.94 bits per heavy atom. The van der Waals surface area contributed by atoms with Gasteiger partial charge in [0.15, 0.2) is 0 Å². The van der Waals surface area contributed by atoms with Gasteiger partial charge in [0.1, 0.15) is 12.1 Å². The zero-order valence-corrected chi connectivity index (χ0v) is 9.81. The third-order valence-electron chi connectivity index (χ3n) is 2.80. The maximum atomic E-state index is 13.7. The van der Waals surface area contributed by atoms with Crippen molar-refractivity contribution in [2.75, 3.05) is 7.05 Å². The van der Waals surface area contributed by atoms with Crippen LogP contribution >= 0.6 is 0 Å². The molecule has 1 heterocycles. The van der Waals surface area contributed by atoms with Crippen LogP contribution in [0.25, 0.3) is 11.1 Å². The minimum Gasteiger partial charge on any atom is -0.313 e. The largest absolute Gasteiger partial charge is 0.313 e. The molecule has 0 fully saturated rings. The van der Waals surface area contributed by atoms with E-state index in [1.807, 2.05) is 20.0 Å². The van der Waals surface area contributed by atoms with E-state index in [2.05, 4.69) is 15.3 Å². The van der Waals surface area contributed by atoms with Crippen LogP contribution in [0.4, 0.5) is 4.39 Å². The number of nitrogens with zero attached hydrogens (tertiary/aromatic N) is 2. The molecule has 1 unspecified atom stereocenters. The summed E-state index contributed by atoms with van der Waals surface area (Å²) in [6.07, 6.45) is 4.65. The van der Waals surface area contributed by atoms with Gasteiger partial charge in [0.2, 0.25) is 0 Å². The highest BCUT2D eigenvalue weighted by atomic mass is 19.1. The zero-order valence-electron chi connectivity index (χ0n) is 9.81. The van der Waals surface area contributed by atoms with Crippen LogP contribution in [0.15, 0.2) is 36.9 Å². The molecule has 1 aromatic heterocycles. The minimum absolute atomic E-state index is 0.180. The molecule has 4 heteroatoms. The number of hydrogen-bond donors (Lipinski definition) is 1. The molecule has 1 aromatic carbocycles. The molecule has 0 aliphatic heterocycles. The molecule has 88 valence electrons.